The number of carbonyl (C=O) groups is 1. The van der Waals surface area contributed by atoms with E-state index in [1.807, 2.05) is 0 Å². The number of nitrogens with two attached hydrogens (primary N) is 1. The maximum Gasteiger partial charge on any atom is 0.394 e. The van der Waals surface area contributed by atoms with E-state index in [1.165, 1.54) is 18.7 Å². The smallest absolute Gasteiger partial charge is 0.333 e. The molecule has 2 N–H and O–H groups in total. The molecule has 0 radical (unpaired) electrons. The van der Waals surface area contributed by atoms with E-state index in [-0.39, 0.29) is 18.9 Å². The molecule has 0 aromatic heterocycles. The first-order chi connectivity index (χ1) is 9.67. The Kier molecular flexibility index (Phi) is 4.02. The molecule has 6 heteroatoms. The Balaban J connectivity index is 2.23. The van der Waals surface area contributed by atoms with Crippen LogP contribution in [0.1, 0.15) is 36.2 Å². The van der Waals surface area contributed by atoms with Crippen molar-refractivity contribution >= 4 is 5.91 Å². The number of rotatable bonds is 2. The van der Waals surface area contributed by atoms with Crippen molar-refractivity contribution in [1.82, 2.24) is 4.90 Å². The number of amides is 1. The molecule has 1 heterocycles. The van der Waals surface area contributed by atoms with E-state index in [4.69, 9.17) is 5.73 Å². The fraction of sp³-hybridized carbons (Fsp3) is 0.533. The molecule has 0 saturated carbocycles. The first-order valence-corrected chi connectivity index (χ1v) is 6.85. The summed E-state index contributed by atoms with van der Waals surface area (Å²) < 4.78 is 39.1. The number of likely N-dealkylation sites (tertiary alicyclic amines) is 1. The van der Waals surface area contributed by atoms with Crippen LogP contribution >= 0.6 is 0 Å². The summed E-state index contributed by atoms with van der Waals surface area (Å²) in [6.45, 7) is 3.43. The van der Waals surface area contributed by atoms with Gasteiger partial charge in [0.2, 0.25) is 0 Å². The lowest BCUT2D eigenvalue weighted by Gasteiger charge is -2.36. The predicted molar refractivity (Wildman–Crippen MR) is 73.6 cm³/mol. The van der Waals surface area contributed by atoms with Crippen molar-refractivity contribution in [3.63, 3.8) is 0 Å². The topological polar surface area (TPSA) is 46.3 Å². The van der Waals surface area contributed by atoms with Crippen LogP contribution in [0.2, 0.25) is 0 Å². The van der Waals surface area contributed by atoms with Gasteiger partial charge in [0.05, 0.1) is 5.92 Å². The number of alkyl halides is 3. The zero-order valence-electron chi connectivity index (χ0n) is 12.1. The van der Waals surface area contributed by atoms with Gasteiger partial charge in [-0.1, -0.05) is 12.1 Å². The highest BCUT2D eigenvalue weighted by Crippen LogP contribution is 2.45. The molecule has 116 valence electrons. The molecular formula is C15H19F3N2O. The summed E-state index contributed by atoms with van der Waals surface area (Å²) in [5, 5.41) is 0. The third-order valence-corrected chi connectivity index (χ3v) is 4.27. The van der Waals surface area contributed by atoms with Crippen LogP contribution in [0.4, 0.5) is 13.2 Å². The fourth-order valence-electron chi connectivity index (χ4n) is 2.95. The summed E-state index contributed by atoms with van der Waals surface area (Å²) in [6.07, 6.45) is -4.34. The summed E-state index contributed by atoms with van der Waals surface area (Å²) in [5.74, 6) is -1.85. The second-order valence-corrected chi connectivity index (χ2v) is 5.89. The molecule has 0 spiro atoms. The molecule has 21 heavy (non-hydrogen) atoms. The Morgan fingerprint density at radius 2 is 1.90 bits per heavy atom. The van der Waals surface area contributed by atoms with Crippen molar-refractivity contribution in [3.05, 3.63) is 35.4 Å². The summed E-state index contributed by atoms with van der Waals surface area (Å²) in [5.41, 5.74) is 5.52. The van der Waals surface area contributed by atoms with Gasteiger partial charge in [-0.25, -0.2) is 0 Å². The molecule has 0 aliphatic carbocycles. The monoisotopic (exact) mass is 300 g/mol. The fourth-order valence-corrected chi connectivity index (χ4v) is 2.95. The quantitative estimate of drug-likeness (QED) is 0.913. The van der Waals surface area contributed by atoms with Crippen molar-refractivity contribution < 1.29 is 18.0 Å². The Morgan fingerprint density at radius 1 is 1.33 bits per heavy atom. The van der Waals surface area contributed by atoms with Gasteiger partial charge in [-0.05, 0) is 38.0 Å². The maximum absolute atomic E-state index is 13.0. The molecule has 1 fully saturated rings. The third-order valence-electron chi connectivity index (χ3n) is 4.27. The summed E-state index contributed by atoms with van der Waals surface area (Å²) in [7, 11) is 0. The lowest BCUT2D eigenvalue weighted by Crippen LogP contribution is -2.49. The van der Waals surface area contributed by atoms with E-state index >= 15 is 0 Å². The number of hydrogen-bond donors (Lipinski definition) is 1. The predicted octanol–water partition coefficient (Wildman–Crippen LogP) is 2.95. The first-order valence-electron chi connectivity index (χ1n) is 6.85. The van der Waals surface area contributed by atoms with Gasteiger partial charge in [-0.3, -0.25) is 4.79 Å². The summed E-state index contributed by atoms with van der Waals surface area (Å²) in [4.78, 5) is 13.8. The van der Waals surface area contributed by atoms with Crippen molar-refractivity contribution in [2.75, 3.05) is 6.54 Å². The van der Waals surface area contributed by atoms with E-state index < -0.39 is 17.6 Å². The van der Waals surface area contributed by atoms with Gasteiger partial charge < -0.3 is 10.6 Å². The van der Waals surface area contributed by atoms with Gasteiger partial charge in [0.15, 0.2) is 0 Å². The van der Waals surface area contributed by atoms with E-state index in [0.29, 0.717) is 12.1 Å². The third kappa shape index (κ3) is 2.90. The molecule has 0 bridgehead atoms. The van der Waals surface area contributed by atoms with Crippen LogP contribution < -0.4 is 5.73 Å². The minimum absolute atomic E-state index is 0.0525. The van der Waals surface area contributed by atoms with E-state index in [9.17, 15) is 18.0 Å². The van der Waals surface area contributed by atoms with E-state index in [1.54, 1.807) is 24.3 Å². The lowest BCUT2D eigenvalue weighted by atomic mass is 9.87. The average Bonchev–Trinajstić information content (AvgIpc) is 2.73. The van der Waals surface area contributed by atoms with Crippen LogP contribution in [0.15, 0.2) is 24.3 Å². The molecule has 1 saturated heterocycles. The van der Waals surface area contributed by atoms with Crippen LogP contribution in [0.25, 0.3) is 0 Å². The first kappa shape index (κ1) is 15.8. The van der Waals surface area contributed by atoms with Crippen LogP contribution in [0, 0.1) is 5.92 Å². The van der Waals surface area contributed by atoms with Crippen LogP contribution in [-0.4, -0.2) is 29.1 Å². The van der Waals surface area contributed by atoms with E-state index in [0.717, 1.165) is 5.56 Å². The van der Waals surface area contributed by atoms with Crippen LogP contribution in [-0.2, 0) is 6.54 Å². The zero-order chi connectivity index (χ0) is 15.8. The largest absolute Gasteiger partial charge is 0.394 e. The number of halogens is 3. The van der Waals surface area contributed by atoms with Crippen molar-refractivity contribution in [2.45, 2.75) is 38.5 Å². The standard InChI is InChI=1S/C15H19F3N2O/c1-14(2)12(15(16,17)18)7-8-20(14)13(21)11-5-3-10(9-19)4-6-11/h3-6,12H,7-9,19H2,1-2H3. The maximum atomic E-state index is 13.0. The number of nitrogens with zero attached hydrogens (tertiary/aromatic N) is 1. The Hall–Kier alpha value is -1.56. The van der Waals surface area contributed by atoms with Crippen molar-refractivity contribution in [1.29, 1.82) is 0 Å². The molecule has 1 aliphatic rings. The molecular weight excluding hydrogens is 281 g/mol. The van der Waals surface area contributed by atoms with Gasteiger partial charge >= 0.3 is 6.18 Å². The highest BCUT2D eigenvalue weighted by atomic mass is 19.4. The molecule has 1 aromatic rings. The van der Waals surface area contributed by atoms with Gasteiger partial charge in [0.25, 0.3) is 5.91 Å². The second kappa shape index (κ2) is 5.33. The van der Waals surface area contributed by atoms with Gasteiger partial charge in [-0.15, -0.1) is 0 Å². The van der Waals surface area contributed by atoms with Crippen LogP contribution in [0.3, 0.4) is 0 Å². The molecule has 1 amide bonds. The zero-order valence-corrected chi connectivity index (χ0v) is 12.1. The number of hydrogen-bond acceptors (Lipinski definition) is 2. The highest BCUT2D eigenvalue weighted by Gasteiger charge is 2.56. The summed E-state index contributed by atoms with van der Waals surface area (Å²) in [6, 6.07) is 6.66. The molecule has 1 aromatic carbocycles. The molecule has 1 aliphatic heterocycles. The molecule has 1 atom stereocenters. The Labute approximate surface area is 121 Å². The molecule has 2 rings (SSSR count). The second-order valence-electron chi connectivity index (χ2n) is 5.89. The van der Waals surface area contributed by atoms with Crippen LogP contribution in [0.5, 0.6) is 0 Å². The minimum Gasteiger partial charge on any atom is -0.333 e. The van der Waals surface area contributed by atoms with Crippen molar-refractivity contribution in [2.24, 2.45) is 11.7 Å². The molecule has 1 unspecified atom stereocenters. The number of carbonyl (C=O) groups excluding carboxylic acids is 1. The van der Waals surface area contributed by atoms with Gasteiger partial charge in [-0.2, -0.15) is 13.2 Å². The molecule has 3 nitrogen and oxygen atoms in total. The highest BCUT2D eigenvalue weighted by molar-refractivity contribution is 5.95. The normalized spacial score (nSPS) is 21.6. The van der Waals surface area contributed by atoms with E-state index in [2.05, 4.69) is 0 Å². The van der Waals surface area contributed by atoms with Gasteiger partial charge in [0, 0.05) is 24.2 Å². The number of benzene rings is 1. The minimum atomic E-state index is -4.29. The lowest BCUT2D eigenvalue weighted by molar-refractivity contribution is -0.189. The SMILES string of the molecule is CC1(C)C(C(F)(F)F)CCN1C(=O)c1ccc(CN)cc1. The van der Waals surface area contributed by atoms with Gasteiger partial charge in [0.1, 0.15) is 0 Å². The Morgan fingerprint density at radius 3 is 2.33 bits per heavy atom. The average molecular weight is 300 g/mol. The van der Waals surface area contributed by atoms with Crippen molar-refractivity contribution in [3.8, 4) is 0 Å². The Bertz CT molecular complexity index is 523. The summed E-state index contributed by atoms with van der Waals surface area (Å²) >= 11 is 0.